The van der Waals surface area contributed by atoms with E-state index in [1.54, 1.807) is 6.92 Å². The quantitative estimate of drug-likeness (QED) is 0.724. The highest BCUT2D eigenvalue weighted by Crippen LogP contribution is 2.21. The fraction of sp³-hybridized carbons (Fsp3) is 0.222. The maximum Gasteiger partial charge on any atom is 0.114 e. The lowest BCUT2D eigenvalue weighted by molar-refractivity contribution is -0.311. The molecule has 0 N–H and O–H groups in total. The van der Waals surface area contributed by atoms with Crippen LogP contribution in [-0.4, -0.2) is 15.5 Å². The predicted octanol–water partition coefficient (Wildman–Crippen LogP) is 2.67. The summed E-state index contributed by atoms with van der Waals surface area (Å²) in [6.45, 7) is 1.99. The van der Waals surface area contributed by atoms with Gasteiger partial charge in [-0.25, -0.2) is 4.98 Å². The Kier molecular flexibility index (Phi) is 4.35. The Labute approximate surface area is 139 Å². The van der Waals surface area contributed by atoms with Crippen molar-refractivity contribution in [3.63, 3.8) is 0 Å². The number of aromatic nitrogens is 2. The molecule has 0 unspecified atom stereocenters. The van der Waals surface area contributed by atoms with Gasteiger partial charge in [0, 0.05) is 29.9 Å². The van der Waals surface area contributed by atoms with E-state index in [0.29, 0.717) is 18.0 Å². The molecule has 23 heavy (non-hydrogen) atoms. The van der Waals surface area contributed by atoms with Crippen molar-refractivity contribution in [2.24, 2.45) is 5.92 Å². The van der Waals surface area contributed by atoms with Gasteiger partial charge in [0.1, 0.15) is 5.82 Å². The van der Waals surface area contributed by atoms with E-state index in [0.717, 1.165) is 22.4 Å². The first kappa shape index (κ1) is 15.6. The van der Waals surface area contributed by atoms with E-state index in [2.05, 4.69) is 4.98 Å². The van der Waals surface area contributed by atoms with Crippen LogP contribution in [0, 0.1) is 5.92 Å². The average Bonchev–Trinajstić information content (AvgIpc) is 2.87. The number of hydrogen-bond donors (Lipinski definition) is 0. The molecule has 0 bridgehead atoms. The fourth-order valence-corrected chi connectivity index (χ4v) is 2.72. The lowest BCUT2D eigenvalue weighted by Crippen LogP contribution is -2.32. The SMILES string of the molecule is C[C@@H](Cn1c(Cc2ccc(Cl)cc2)nc2ccccc21)C(=O)[O-]. The van der Waals surface area contributed by atoms with Crippen molar-refractivity contribution in [1.29, 1.82) is 0 Å². The molecule has 0 amide bonds. The molecule has 0 saturated heterocycles. The second kappa shape index (κ2) is 6.42. The number of halogens is 1. The third-order valence-corrected chi connectivity index (χ3v) is 4.12. The molecule has 0 aliphatic carbocycles. The van der Waals surface area contributed by atoms with Gasteiger partial charge >= 0.3 is 0 Å². The molecule has 2 aromatic carbocycles. The topological polar surface area (TPSA) is 58.0 Å². The van der Waals surface area contributed by atoms with Crippen LogP contribution in [0.2, 0.25) is 5.02 Å². The number of carboxylic acids is 1. The number of carbonyl (C=O) groups excluding carboxylic acids is 1. The van der Waals surface area contributed by atoms with Crippen LogP contribution in [0.25, 0.3) is 11.0 Å². The van der Waals surface area contributed by atoms with Gasteiger partial charge < -0.3 is 14.5 Å². The van der Waals surface area contributed by atoms with E-state index in [1.165, 1.54) is 0 Å². The lowest BCUT2D eigenvalue weighted by atomic mass is 10.1. The fourth-order valence-electron chi connectivity index (χ4n) is 2.60. The number of rotatable bonds is 5. The highest BCUT2D eigenvalue weighted by Gasteiger charge is 2.14. The first-order chi connectivity index (χ1) is 11.0. The molecule has 5 heteroatoms. The Morgan fingerprint density at radius 3 is 2.61 bits per heavy atom. The van der Waals surface area contributed by atoms with Crippen LogP contribution in [-0.2, 0) is 17.8 Å². The highest BCUT2D eigenvalue weighted by molar-refractivity contribution is 6.30. The average molecular weight is 328 g/mol. The van der Waals surface area contributed by atoms with Crippen molar-refractivity contribution in [1.82, 2.24) is 9.55 Å². The van der Waals surface area contributed by atoms with Crippen molar-refractivity contribution < 1.29 is 9.90 Å². The normalized spacial score (nSPS) is 12.4. The van der Waals surface area contributed by atoms with Crippen LogP contribution in [0.4, 0.5) is 0 Å². The van der Waals surface area contributed by atoms with Gasteiger partial charge in [-0.15, -0.1) is 0 Å². The molecular weight excluding hydrogens is 312 g/mol. The van der Waals surface area contributed by atoms with Crippen molar-refractivity contribution in [3.05, 3.63) is 64.9 Å². The van der Waals surface area contributed by atoms with Gasteiger partial charge in [0.05, 0.1) is 11.0 Å². The number of fused-ring (bicyclic) bond motifs is 1. The summed E-state index contributed by atoms with van der Waals surface area (Å²) in [5.41, 5.74) is 2.87. The molecule has 0 aliphatic rings. The molecule has 4 nitrogen and oxygen atoms in total. The summed E-state index contributed by atoms with van der Waals surface area (Å²) in [6, 6.07) is 15.3. The summed E-state index contributed by atoms with van der Waals surface area (Å²) in [6.07, 6.45) is 0.617. The summed E-state index contributed by atoms with van der Waals surface area (Å²) in [5.74, 6) is -0.807. The zero-order valence-corrected chi connectivity index (χ0v) is 13.5. The minimum atomic E-state index is -1.06. The third-order valence-electron chi connectivity index (χ3n) is 3.87. The second-order valence-electron chi connectivity index (χ2n) is 5.65. The first-order valence-electron chi connectivity index (χ1n) is 7.44. The molecular formula is C18H16ClN2O2-. The number of hydrogen-bond acceptors (Lipinski definition) is 3. The molecule has 0 saturated carbocycles. The molecule has 0 spiro atoms. The Bertz CT molecular complexity index is 840. The Hall–Kier alpha value is -2.33. The van der Waals surface area contributed by atoms with Crippen molar-refractivity contribution in [2.45, 2.75) is 19.9 Å². The Morgan fingerprint density at radius 2 is 1.91 bits per heavy atom. The van der Waals surface area contributed by atoms with Gasteiger partial charge in [0.15, 0.2) is 0 Å². The summed E-state index contributed by atoms with van der Waals surface area (Å²) < 4.78 is 1.96. The van der Waals surface area contributed by atoms with Gasteiger partial charge in [-0.3, -0.25) is 0 Å². The molecule has 3 rings (SSSR count). The first-order valence-corrected chi connectivity index (χ1v) is 7.82. The van der Waals surface area contributed by atoms with E-state index < -0.39 is 11.9 Å². The molecule has 1 heterocycles. The molecule has 3 aromatic rings. The third kappa shape index (κ3) is 3.37. The number of benzene rings is 2. The highest BCUT2D eigenvalue weighted by atomic mass is 35.5. The van der Waals surface area contributed by atoms with E-state index in [4.69, 9.17) is 11.6 Å². The van der Waals surface area contributed by atoms with Crippen LogP contribution in [0.15, 0.2) is 48.5 Å². The summed E-state index contributed by atoms with van der Waals surface area (Å²) in [4.78, 5) is 15.8. The van der Waals surface area contributed by atoms with E-state index >= 15 is 0 Å². The monoisotopic (exact) mass is 327 g/mol. The van der Waals surface area contributed by atoms with Crippen LogP contribution >= 0.6 is 11.6 Å². The maximum atomic E-state index is 11.1. The van der Waals surface area contributed by atoms with Crippen LogP contribution in [0.3, 0.4) is 0 Å². The number of aliphatic carboxylic acids is 1. The molecule has 0 radical (unpaired) electrons. The van der Waals surface area contributed by atoms with Gasteiger partial charge in [0.25, 0.3) is 0 Å². The van der Waals surface area contributed by atoms with Crippen molar-refractivity contribution in [3.8, 4) is 0 Å². The van der Waals surface area contributed by atoms with Crippen molar-refractivity contribution in [2.75, 3.05) is 0 Å². The van der Waals surface area contributed by atoms with E-state index in [-0.39, 0.29) is 0 Å². The maximum absolute atomic E-state index is 11.1. The number of para-hydroxylation sites is 2. The molecule has 1 aromatic heterocycles. The van der Waals surface area contributed by atoms with Crippen LogP contribution in [0.5, 0.6) is 0 Å². The Balaban J connectivity index is 2.00. The molecule has 0 aliphatic heterocycles. The largest absolute Gasteiger partial charge is 0.550 e. The van der Waals surface area contributed by atoms with Crippen LogP contribution < -0.4 is 5.11 Å². The van der Waals surface area contributed by atoms with Gasteiger partial charge in [-0.2, -0.15) is 0 Å². The van der Waals surface area contributed by atoms with Gasteiger partial charge in [-0.1, -0.05) is 42.8 Å². The number of nitrogens with zero attached hydrogens (tertiary/aromatic N) is 2. The summed E-state index contributed by atoms with van der Waals surface area (Å²) >= 11 is 5.92. The minimum Gasteiger partial charge on any atom is -0.550 e. The summed E-state index contributed by atoms with van der Waals surface area (Å²) in [7, 11) is 0. The number of carbonyl (C=O) groups is 1. The minimum absolute atomic E-state index is 0.339. The smallest absolute Gasteiger partial charge is 0.114 e. The van der Waals surface area contributed by atoms with Crippen molar-refractivity contribution >= 4 is 28.6 Å². The second-order valence-corrected chi connectivity index (χ2v) is 6.09. The zero-order valence-electron chi connectivity index (χ0n) is 12.7. The molecule has 1 atom stereocenters. The van der Waals surface area contributed by atoms with Gasteiger partial charge in [0.2, 0.25) is 0 Å². The predicted molar refractivity (Wildman–Crippen MR) is 88.2 cm³/mol. The number of imidazole rings is 1. The lowest BCUT2D eigenvalue weighted by Gasteiger charge is -2.16. The number of carboxylic acid groups (broad SMARTS) is 1. The van der Waals surface area contributed by atoms with Gasteiger partial charge in [-0.05, 0) is 29.8 Å². The van der Waals surface area contributed by atoms with E-state index in [9.17, 15) is 9.90 Å². The summed E-state index contributed by atoms with van der Waals surface area (Å²) in [5, 5.41) is 11.8. The zero-order chi connectivity index (χ0) is 16.4. The Morgan fingerprint density at radius 1 is 1.22 bits per heavy atom. The molecule has 0 fully saturated rings. The van der Waals surface area contributed by atoms with Crippen LogP contribution in [0.1, 0.15) is 18.3 Å². The van der Waals surface area contributed by atoms with E-state index in [1.807, 2.05) is 53.1 Å². The standard InChI is InChI=1S/C18H17ClN2O2/c1-12(18(22)23)11-21-16-5-3-2-4-15(16)20-17(21)10-13-6-8-14(19)9-7-13/h2-9,12H,10-11H2,1H3,(H,22,23)/p-1/t12-/m0/s1. The molecule has 118 valence electrons.